The Bertz CT molecular complexity index is 772. The van der Waals surface area contributed by atoms with Crippen molar-refractivity contribution in [2.24, 2.45) is 5.92 Å². The van der Waals surface area contributed by atoms with Crippen LogP contribution >= 0.6 is 0 Å². The molecule has 1 atom stereocenters. The van der Waals surface area contributed by atoms with Crippen LogP contribution in [0.3, 0.4) is 0 Å². The van der Waals surface area contributed by atoms with Crippen molar-refractivity contribution in [3.05, 3.63) is 41.8 Å². The van der Waals surface area contributed by atoms with Gasteiger partial charge < -0.3 is 14.7 Å². The van der Waals surface area contributed by atoms with Gasteiger partial charge in [-0.05, 0) is 37.3 Å². The lowest BCUT2D eigenvalue weighted by Crippen LogP contribution is -2.30. The van der Waals surface area contributed by atoms with Crippen molar-refractivity contribution in [3.8, 4) is 0 Å². The van der Waals surface area contributed by atoms with Gasteiger partial charge in [0.1, 0.15) is 6.04 Å². The van der Waals surface area contributed by atoms with E-state index in [-0.39, 0.29) is 24.4 Å². The van der Waals surface area contributed by atoms with Crippen LogP contribution in [-0.4, -0.2) is 38.4 Å². The maximum Gasteiger partial charge on any atom is 0.253 e. The van der Waals surface area contributed by atoms with E-state index < -0.39 is 0 Å². The number of nitrogens with zero attached hydrogens (tertiary/aromatic N) is 4. The molecule has 0 bridgehead atoms. The minimum atomic E-state index is -0.245. The second-order valence-corrected chi connectivity index (χ2v) is 6.52. The van der Waals surface area contributed by atoms with Crippen LogP contribution in [0.2, 0.25) is 0 Å². The molecule has 0 unspecified atom stereocenters. The molecule has 8 nitrogen and oxygen atoms in total. The summed E-state index contributed by atoms with van der Waals surface area (Å²) in [4.78, 5) is 34.2. The monoisotopic (exact) mass is 341 g/mol. The van der Waals surface area contributed by atoms with Crippen molar-refractivity contribution in [2.45, 2.75) is 38.3 Å². The largest absolute Gasteiger partial charge is 0.345 e. The number of likely N-dealkylation sites (tertiary alicyclic amines) is 1. The number of hydrogen-bond donors (Lipinski definition) is 1. The zero-order chi connectivity index (χ0) is 17.2. The van der Waals surface area contributed by atoms with E-state index in [1.807, 2.05) is 4.90 Å². The zero-order valence-electron chi connectivity index (χ0n) is 13.7. The molecule has 2 aromatic rings. The minimum absolute atomic E-state index is 0.136. The first-order valence-electron chi connectivity index (χ1n) is 8.51. The van der Waals surface area contributed by atoms with Crippen LogP contribution < -0.4 is 5.32 Å². The molecule has 2 amide bonds. The molecular formula is C17H19N5O3. The fraction of sp³-hybridized carbons (Fsp3) is 0.471. The van der Waals surface area contributed by atoms with Gasteiger partial charge in [0, 0.05) is 25.4 Å². The number of nitrogens with one attached hydrogen (secondary N) is 1. The van der Waals surface area contributed by atoms with Crippen molar-refractivity contribution >= 4 is 11.8 Å². The van der Waals surface area contributed by atoms with Crippen LogP contribution in [0.4, 0.5) is 0 Å². The summed E-state index contributed by atoms with van der Waals surface area (Å²) in [5, 5.41) is 6.66. The summed E-state index contributed by atoms with van der Waals surface area (Å²) >= 11 is 0. The second-order valence-electron chi connectivity index (χ2n) is 6.52. The second kappa shape index (κ2) is 6.62. The molecule has 1 N–H and O–H groups in total. The number of carbonyl (C=O) groups excluding carboxylic acids is 2. The predicted molar refractivity (Wildman–Crippen MR) is 86.1 cm³/mol. The maximum atomic E-state index is 12.1. The normalized spacial score (nSPS) is 20.1. The van der Waals surface area contributed by atoms with E-state index in [0.29, 0.717) is 36.0 Å². The topological polar surface area (TPSA) is 101 Å². The van der Waals surface area contributed by atoms with E-state index in [2.05, 4.69) is 20.4 Å². The standard InChI is InChI=1S/C17H19N5O3/c23-15-6-5-13(22(15)10-11-3-4-11)17-20-14(21-25-17)9-19-16(24)12-2-1-7-18-8-12/h1-2,7-8,11,13H,3-6,9-10H2,(H,19,24)/t13-/m0/s1. The number of pyridine rings is 1. The lowest BCUT2D eigenvalue weighted by atomic mass is 10.2. The maximum absolute atomic E-state index is 12.1. The number of aromatic nitrogens is 3. The number of amides is 2. The number of rotatable bonds is 6. The molecular weight excluding hydrogens is 322 g/mol. The Kier molecular flexibility index (Phi) is 4.17. The van der Waals surface area contributed by atoms with Crippen LogP contribution in [0, 0.1) is 5.92 Å². The molecule has 1 saturated carbocycles. The molecule has 3 heterocycles. The lowest BCUT2D eigenvalue weighted by Gasteiger charge is -2.21. The van der Waals surface area contributed by atoms with Crippen LogP contribution in [0.1, 0.15) is 53.8 Å². The van der Waals surface area contributed by atoms with Gasteiger partial charge in [-0.15, -0.1) is 0 Å². The highest BCUT2D eigenvalue weighted by Crippen LogP contribution is 2.37. The molecule has 1 saturated heterocycles. The zero-order valence-corrected chi connectivity index (χ0v) is 13.7. The summed E-state index contributed by atoms with van der Waals surface area (Å²) in [6.45, 7) is 0.944. The van der Waals surface area contributed by atoms with Gasteiger partial charge in [0.2, 0.25) is 11.8 Å². The van der Waals surface area contributed by atoms with Crippen molar-refractivity contribution in [2.75, 3.05) is 6.54 Å². The van der Waals surface area contributed by atoms with Gasteiger partial charge in [-0.1, -0.05) is 5.16 Å². The van der Waals surface area contributed by atoms with Gasteiger partial charge in [-0.2, -0.15) is 4.98 Å². The average molecular weight is 341 g/mol. The third-order valence-corrected chi connectivity index (χ3v) is 4.58. The fourth-order valence-electron chi connectivity index (χ4n) is 3.03. The summed E-state index contributed by atoms with van der Waals surface area (Å²) in [5.74, 6) is 1.38. The summed E-state index contributed by atoms with van der Waals surface area (Å²) < 4.78 is 5.35. The van der Waals surface area contributed by atoms with E-state index >= 15 is 0 Å². The number of hydrogen-bond acceptors (Lipinski definition) is 6. The minimum Gasteiger partial charge on any atom is -0.345 e. The van der Waals surface area contributed by atoms with Crippen LogP contribution in [-0.2, 0) is 11.3 Å². The summed E-state index contributed by atoms with van der Waals surface area (Å²) in [7, 11) is 0. The Hall–Kier alpha value is -2.77. The molecule has 2 fully saturated rings. The predicted octanol–water partition coefficient (Wildman–Crippen LogP) is 1.47. The van der Waals surface area contributed by atoms with E-state index in [0.717, 1.165) is 6.54 Å². The molecule has 4 rings (SSSR count). The SMILES string of the molecule is O=C(NCc1noc([C@@H]2CCC(=O)N2CC2CC2)n1)c1cccnc1. The average Bonchev–Trinajstić information content (AvgIpc) is 3.22. The third kappa shape index (κ3) is 3.52. The quantitative estimate of drug-likeness (QED) is 0.854. The molecule has 130 valence electrons. The molecule has 1 aliphatic heterocycles. The van der Waals surface area contributed by atoms with Gasteiger partial charge in [-0.3, -0.25) is 14.6 Å². The van der Waals surface area contributed by atoms with E-state index in [1.54, 1.807) is 18.3 Å². The Morgan fingerprint density at radius 3 is 3.00 bits per heavy atom. The Balaban J connectivity index is 1.38. The highest BCUT2D eigenvalue weighted by atomic mass is 16.5. The van der Waals surface area contributed by atoms with Crippen LogP contribution in [0.5, 0.6) is 0 Å². The number of carbonyl (C=O) groups is 2. The van der Waals surface area contributed by atoms with Crippen molar-refractivity contribution in [3.63, 3.8) is 0 Å². The Morgan fingerprint density at radius 1 is 1.36 bits per heavy atom. The lowest BCUT2D eigenvalue weighted by molar-refractivity contribution is -0.129. The summed E-state index contributed by atoms with van der Waals surface area (Å²) in [6.07, 6.45) is 6.70. The summed E-state index contributed by atoms with van der Waals surface area (Å²) in [5.41, 5.74) is 0.475. The Labute approximate surface area is 144 Å². The van der Waals surface area contributed by atoms with E-state index in [9.17, 15) is 9.59 Å². The molecule has 1 aliphatic carbocycles. The fourth-order valence-corrected chi connectivity index (χ4v) is 3.03. The van der Waals surface area contributed by atoms with Crippen LogP contribution in [0.25, 0.3) is 0 Å². The van der Waals surface area contributed by atoms with Crippen molar-refractivity contribution in [1.29, 1.82) is 0 Å². The molecule has 2 aliphatic rings. The Morgan fingerprint density at radius 2 is 2.24 bits per heavy atom. The molecule has 25 heavy (non-hydrogen) atoms. The highest BCUT2D eigenvalue weighted by Gasteiger charge is 2.38. The van der Waals surface area contributed by atoms with E-state index in [1.165, 1.54) is 19.0 Å². The molecule has 0 spiro atoms. The van der Waals surface area contributed by atoms with Gasteiger partial charge in [0.05, 0.1) is 12.1 Å². The first-order chi connectivity index (χ1) is 12.2. The highest BCUT2D eigenvalue weighted by molar-refractivity contribution is 5.93. The van der Waals surface area contributed by atoms with E-state index in [4.69, 9.17) is 4.52 Å². The van der Waals surface area contributed by atoms with Crippen molar-refractivity contribution < 1.29 is 14.1 Å². The molecule has 2 aromatic heterocycles. The third-order valence-electron chi connectivity index (χ3n) is 4.58. The van der Waals surface area contributed by atoms with Crippen molar-refractivity contribution in [1.82, 2.24) is 25.3 Å². The van der Waals surface area contributed by atoms with Gasteiger partial charge >= 0.3 is 0 Å². The van der Waals surface area contributed by atoms with Crippen LogP contribution in [0.15, 0.2) is 29.0 Å². The smallest absolute Gasteiger partial charge is 0.253 e. The molecule has 8 heteroatoms. The van der Waals surface area contributed by atoms with Gasteiger partial charge in [0.15, 0.2) is 5.82 Å². The van der Waals surface area contributed by atoms with Gasteiger partial charge in [0.25, 0.3) is 5.91 Å². The first kappa shape index (κ1) is 15.7. The first-order valence-corrected chi connectivity index (χ1v) is 8.51. The molecule has 0 radical (unpaired) electrons. The van der Waals surface area contributed by atoms with Gasteiger partial charge in [-0.25, -0.2) is 0 Å². The molecule has 0 aromatic carbocycles. The summed E-state index contributed by atoms with van der Waals surface area (Å²) in [6, 6.07) is 3.25.